The molecule has 5 nitrogen and oxygen atoms in total. The lowest BCUT2D eigenvalue weighted by Crippen LogP contribution is -2.35. The molecule has 0 atom stereocenters. The van der Waals surface area contributed by atoms with E-state index in [0.717, 1.165) is 27.0 Å². The largest absolute Gasteiger partial charge is 0.351 e. The molecule has 0 radical (unpaired) electrons. The van der Waals surface area contributed by atoms with Crippen LogP contribution in [0, 0.1) is 6.92 Å². The van der Waals surface area contributed by atoms with Crippen LogP contribution in [0.2, 0.25) is 0 Å². The minimum Gasteiger partial charge on any atom is -0.351 e. The summed E-state index contributed by atoms with van der Waals surface area (Å²) in [4.78, 5) is 29.4. The summed E-state index contributed by atoms with van der Waals surface area (Å²) in [5.74, 6) is -0.481. The van der Waals surface area contributed by atoms with E-state index >= 15 is 0 Å². The van der Waals surface area contributed by atoms with Crippen LogP contribution in [-0.4, -0.2) is 35.3 Å². The third kappa shape index (κ3) is 4.65. The number of anilines is 1. The summed E-state index contributed by atoms with van der Waals surface area (Å²) in [6, 6.07) is 19.0. The van der Waals surface area contributed by atoms with Crippen LogP contribution in [0.15, 0.2) is 65.1 Å². The van der Waals surface area contributed by atoms with Gasteiger partial charge in [0.1, 0.15) is 5.69 Å². The molecule has 0 saturated heterocycles. The third-order valence-electron chi connectivity index (χ3n) is 4.19. The molecular weight excluding hydrogens is 406 g/mol. The van der Waals surface area contributed by atoms with Crippen LogP contribution in [0.4, 0.5) is 5.69 Å². The van der Waals surface area contributed by atoms with Gasteiger partial charge in [0.15, 0.2) is 0 Å². The van der Waals surface area contributed by atoms with E-state index in [4.69, 9.17) is 0 Å². The Morgan fingerprint density at radius 2 is 1.81 bits per heavy atom. The number of hydrogen-bond acceptors (Lipinski definition) is 2. The second-order valence-electron chi connectivity index (χ2n) is 6.32. The number of carbonyl (C=O) groups excluding carboxylic acids is 2. The maximum atomic E-state index is 12.6. The molecule has 0 fully saturated rings. The molecule has 6 heteroatoms. The van der Waals surface area contributed by atoms with E-state index in [1.54, 1.807) is 13.1 Å². The number of benzene rings is 2. The zero-order valence-corrected chi connectivity index (χ0v) is 16.7. The number of aromatic amines is 1. The van der Waals surface area contributed by atoms with Gasteiger partial charge in [-0.05, 0) is 48.4 Å². The molecule has 2 N–H and O–H groups in total. The number of amides is 2. The van der Waals surface area contributed by atoms with Crippen LogP contribution < -0.4 is 5.32 Å². The number of H-pyrrole nitrogens is 1. The summed E-state index contributed by atoms with van der Waals surface area (Å²) in [5, 5.41) is 2.84. The molecule has 0 unspecified atom stereocenters. The van der Waals surface area contributed by atoms with Gasteiger partial charge in [-0.15, -0.1) is 0 Å². The summed E-state index contributed by atoms with van der Waals surface area (Å²) in [7, 11) is 1.61. The first-order valence-electron chi connectivity index (χ1n) is 8.50. The van der Waals surface area contributed by atoms with Gasteiger partial charge in [0, 0.05) is 22.9 Å². The lowest BCUT2D eigenvalue weighted by Gasteiger charge is -2.17. The van der Waals surface area contributed by atoms with Gasteiger partial charge in [-0.2, -0.15) is 0 Å². The Morgan fingerprint density at radius 3 is 2.52 bits per heavy atom. The van der Waals surface area contributed by atoms with Crippen molar-refractivity contribution in [1.82, 2.24) is 9.88 Å². The highest BCUT2D eigenvalue weighted by Crippen LogP contribution is 2.20. The van der Waals surface area contributed by atoms with Crippen molar-refractivity contribution < 1.29 is 9.59 Å². The second-order valence-corrected chi connectivity index (χ2v) is 7.24. The van der Waals surface area contributed by atoms with Crippen molar-refractivity contribution in [2.75, 3.05) is 18.9 Å². The molecule has 0 aliphatic carbocycles. The summed E-state index contributed by atoms with van der Waals surface area (Å²) < 4.78 is 0.950. The Bertz CT molecular complexity index is 967. The highest BCUT2D eigenvalue weighted by molar-refractivity contribution is 9.10. The Balaban J connectivity index is 1.63. The van der Waals surface area contributed by atoms with Crippen LogP contribution in [0.1, 0.15) is 16.1 Å². The minimum atomic E-state index is -0.244. The molecule has 27 heavy (non-hydrogen) atoms. The summed E-state index contributed by atoms with van der Waals surface area (Å²) in [6.45, 7) is 1.88. The number of hydrogen-bond donors (Lipinski definition) is 2. The molecule has 138 valence electrons. The van der Waals surface area contributed by atoms with Gasteiger partial charge < -0.3 is 15.2 Å². The van der Waals surface area contributed by atoms with Crippen molar-refractivity contribution in [2.24, 2.45) is 0 Å². The molecule has 2 aromatic carbocycles. The predicted molar refractivity (Wildman–Crippen MR) is 111 cm³/mol. The van der Waals surface area contributed by atoms with E-state index in [-0.39, 0.29) is 18.4 Å². The number of halogens is 1. The van der Waals surface area contributed by atoms with Gasteiger partial charge in [-0.25, -0.2) is 0 Å². The maximum Gasteiger partial charge on any atom is 0.270 e. The van der Waals surface area contributed by atoms with Crippen molar-refractivity contribution in [3.05, 3.63) is 76.4 Å². The fourth-order valence-electron chi connectivity index (χ4n) is 2.76. The smallest absolute Gasteiger partial charge is 0.270 e. The topological polar surface area (TPSA) is 65.2 Å². The van der Waals surface area contributed by atoms with Crippen molar-refractivity contribution in [3.8, 4) is 11.3 Å². The van der Waals surface area contributed by atoms with Crippen molar-refractivity contribution >= 4 is 33.4 Å². The van der Waals surface area contributed by atoms with Crippen LogP contribution >= 0.6 is 15.9 Å². The summed E-state index contributed by atoms with van der Waals surface area (Å²) >= 11 is 3.40. The normalized spacial score (nSPS) is 10.5. The van der Waals surface area contributed by atoms with Gasteiger partial charge in [-0.1, -0.05) is 46.3 Å². The maximum absolute atomic E-state index is 12.6. The van der Waals surface area contributed by atoms with E-state index in [2.05, 4.69) is 26.2 Å². The molecule has 2 amide bonds. The average Bonchev–Trinajstić information content (AvgIpc) is 3.14. The van der Waals surface area contributed by atoms with Crippen molar-refractivity contribution in [2.45, 2.75) is 6.92 Å². The van der Waals surface area contributed by atoms with Gasteiger partial charge in [0.2, 0.25) is 5.91 Å². The minimum absolute atomic E-state index is 0.0337. The molecule has 0 aliphatic rings. The highest BCUT2D eigenvalue weighted by atomic mass is 79.9. The van der Waals surface area contributed by atoms with E-state index in [1.165, 1.54) is 4.90 Å². The number of aryl methyl sites for hydroxylation is 1. The van der Waals surface area contributed by atoms with E-state index < -0.39 is 0 Å². The number of aromatic nitrogens is 1. The van der Waals surface area contributed by atoms with Crippen LogP contribution in [0.5, 0.6) is 0 Å². The van der Waals surface area contributed by atoms with Gasteiger partial charge >= 0.3 is 0 Å². The van der Waals surface area contributed by atoms with Gasteiger partial charge in [0.05, 0.1) is 6.54 Å². The highest BCUT2D eigenvalue weighted by Gasteiger charge is 2.17. The first-order chi connectivity index (χ1) is 12.9. The Labute approximate surface area is 166 Å². The van der Waals surface area contributed by atoms with E-state index in [0.29, 0.717) is 5.69 Å². The Kier molecular flexibility index (Phi) is 5.76. The van der Waals surface area contributed by atoms with Gasteiger partial charge in [0.25, 0.3) is 5.91 Å². The third-order valence-corrected chi connectivity index (χ3v) is 4.68. The summed E-state index contributed by atoms with van der Waals surface area (Å²) in [5.41, 5.74) is 3.99. The zero-order chi connectivity index (χ0) is 19.4. The van der Waals surface area contributed by atoms with Crippen molar-refractivity contribution in [3.63, 3.8) is 0 Å². The number of nitrogens with zero attached hydrogens (tertiary/aromatic N) is 1. The number of carbonyl (C=O) groups is 2. The Hall–Kier alpha value is -2.86. The van der Waals surface area contributed by atoms with Crippen LogP contribution in [0.25, 0.3) is 11.3 Å². The molecule has 1 aromatic heterocycles. The van der Waals surface area contributed by atoms with Crippen LogP contribution in [-0.2, 0) is 4.79 Å². The number of likely N-dealkylation sites (N-methyl/N-ethyl adjacent to an activating group) is 1. The summed E-state index contributed by atoms with van der Waals surface area (Å²) in [6.07, 6.45) is 0. The molecule has 0 aliphatic heterocycles. The SMILES string of the molecule is Cc1cc(Br)ccc1NC(=O)CN(C)C(=O)c1ccc(-c2ccccc2)[nH]1. The molecule has 0 spiro atoms. The zero-order valence-electron chi connectivity index (χ0n) is 15.1. The van der Waals surface area contributed by atoms with Crippen LogP contribution in [0.3, 0.4) is 0 Å². The average molecular weight is 426 g/mol. The lowest BCUT2D eigenvalue weighted by atomic mass is 10.2. The molecule has 3 rings (SSSR count). The van der Waals surface area contributed by atoms with E-state index in [1.807, 2.05) is 61.5 Å². The molecular formula is C21H20BrN3O2. The lowest BCUT2D eigenvalue weighted by molar-refractivity contribution is -0.116. The fourth-order valence-corrected chi connectivity index (χ4v) is 3.23. The Morgan fingerprint density at radius 1 is 1.07 bits per heavy atom. The monoisotopic (exact) mass is 425 g/mol. The first-order valence-corrected chi connectivity index (χ1v) is 9.29. The molecule has 1 heterocycles. The van der Waals surface area contributed by atoms with Gasteiger partial charge in [-0.3, -0.25) is 9.59 Å². The molecule has 0 saturated carbocycles. The quantitative estimate of drug-likeness (QED) is 0.633. The van der Waals surface area contributed by atoms with E-state index in [9.17, 15) is 9.59 Å². The standard InChI is InChI=1S/C21H20BrN3O2/c1-14-12-16(22)8-9-17(14)24-20(26)13-25(2)21(27)19-11-10-18(23-19)15-6-4-3-5-7-15/h3-12,23H,13H2,1-2H3,(H,24,26). The molecule has 3 aromatic rings. The number of rotatable bonds is 5. The second kappa shape index (κ2) is 8.22. The van der Waals surface area contributed by atoms with Crippen molar-refractivity contribution in [1.29, 1.82) is 0 Å². The fraction of sp³-hybridized carbons (Fsp3) is 0.143. The first kappa shape index (κ1) is 18.9. The predicted octanol–water partition coefficient (Wildman–Crippen LogP) is 4.46. The number of nitrogens with one attached hydrogen (secondary N) is 2. The molecule has 0 bridgehead atoms.